The molecular weight excluding hydrogens is 316 g/mol. The Hall–Kier alpha value is -1.75. The number of ether oxygens (including phenoxy) is 2. The van der Waals surface area contributed by atoms with E-state index in [1.807, 2.05) is 18.2 Å². The van der Waals surface area contributed by atoms with Crippen LogP contribution in [0.3, 0.4) is 0 Å². The molecule has 138 valence electrons. The van der Waals surface area contributed by atoms with E-state index in [1.165, 1.54) is 25.7 Å². The van der Waals surface area contributed by atoms with Crippen LogP contribution in [0.4, 0.5) is 0 Å². The lowest BCUT2D eigenvalue weighted by atomic mass is 10.0. The van der Waals surface area contributed by atoms with Gasteiger partial charge in [-0.25, -0.2) is 0 Å². The first-order chi connectivity index (χ1) is 12.2. The summed E-state index contributed by atoms with van der Waals surface area (Å²) in [5, 5.41) is 0. The second-order valence-electron chi connectivity index (χ2n) is 7.19. The van der Waals surface area contributed by atoms with E-state index in [0.717, 1.165) is 56.2 Å². The topological polar surface area (TPSA) is 42.0 Å². The van der Waals surface area contributed by atoms with E-state index in [0.29, 0.717) is 11.8 Å². The molecule has 0 spiro atoms. The molecule has 1 aliphatic heterocycles. The van der Waals surface area contributed by atoms with Gasteiger partial charge in [-0.2, -0.15) is 0 Å². The van der Waals surface area contributed by atoms with Gasteiger partial charge in [0.25, 0.3) is 0 Å². The smallest absolute Gasteiger partial charge is 0.222 e. The first-order valence-electron chi connectivity index (χ1n) is 9.40. The van der Waals surface area contributed by atoms with Gasteiger partial charge in [-0.15, -0.1) is 0 Å². The molecule has 1 saturated heterocycles. The summed E-state index contributed by atoms with van der Waals surface area (Å²) in [4.78, 5) is 16.9. The lowest BCUT2D eigenvalue weighted by Crippen LogP contribution is -2.48. The molecule has 1 aromatic carbocycles. The van der Waals surface area contributed by atoms with Gasteiger partial charge in [-0.1, -0.05) is 12.8 Å². The maximum atomic E-state index is 12.5. The largest absolute Gasteiger partial charge is 0.497 e. The van der Waals surface area contributed by atoms with Crippen molar-refractivity contribution >= 4 is 5.91 Å². The molecule has 0 aromatic heterocycles. The highest BCUT2D eigenvalue weighted by atomic mass is 16.5. The average molecular weight is 346 g/mol. The van der Waals surface area contributed by atoms with Gasteiger partial charge in [-0.3, -0.25) is 9.69 Å². The molecule has 25 heavy (non-hydrogen) atoms. The molecule has 3 rings (SSSR count). The van der Waals surface area contributed by atoms with Crippen molar-refractivity contribution in [1.82, 2.24) is 9.80 Å². The zero-order chi connectivity index (χ0) is 17.6. The van der Waals surface area contributed by atoms with E-state index in [9.17, 15) is 4.79 Å². The van der Waals surface area contributed by atoms with Gasteiger partial charge >= 0.3 is 0 Å². The van der Waals surface area contributed by atoms with Crippen molar-refractivity contribution in [1.29, 1.82) is 0 Å². The van der Waals surface area contributed by atoms with Gasteiger partial charge in [0.2, 0.25) is 5.91 Å². The molecule has 1 aliphatic carbocycles. The van der Waals surface area contributed by atoms with Crippen LogP contribution in [0.5, 0.6) is 11.5 Å². The maximum absolute atomic E-state index is 12.5. The molecule has 0 radical (unpaired) electrons. The van der Waals surface area contributed by atoms with Crippen molar-refractivity contribution < 1.29 is 14.3 Å². The Morgan fingerprint density at radius 3 is 2.44 bits per heavy atom. The molecule has 0 bridgehead atoms. The molecule has 1 aromatic rings. The van der Waals surface area contributed by atoms with Crippen molar-refractivity contribution in [2.45, 2.75) is 38.6 Å². The molecule has 2 aliphatic rings. The molecule has 0 N–H and O–H groups in total. The second-order valence-corrected chi connectivity index (χ2v) is 7.19. The molecule has 5 heteroatoms. The minimum Gasteiger partial charge on any atom is -0.497 e. The van der Waals surface area contributed by atoms with Crippen LogP contribution < -0.4 is 9.47 Å². The van der Waals surface area contributed by atoms with Crippen LogP contribution in [0, 0.1) is 5.92 Å². The van der Waals surface area contributed by atoms with Gasteiger partial charge < -0.3 is 14.4 Å². The molecule has 1 heterocycles. The van der Waals surface area contributed by atoms with Crippen molar-refractivity contribution in [3.05, 3.63) is 23.8 Å². The summed E-state index contributed by atoms with van der Waals surface area (Å²) in [6, 6.07) is 5.91. The van der Waals surface area contributed by atoms with E-state index in [4.69, 9.17) is 9.47 Å². The van der Waals surface area contributed by atoms with Crippen LogP contribution >= 0.6 is 0 Å². The van der Waals surface area contributed by atoms with Gasteiger partial charge in [0, 0.05) is 44.7 Å². The Balaban J connectivity index is 1.51. The summed E-state index contributed by atoms with van der Waals surface area (Å²) in [5.74, 6) is 2.72. The number of hydrogen-bond acceptors (Lipinski definition) is 4. The zero-order valence-corrected chi connectivity index (χ0v) is 15.5. The fourth-order valence-corrected chi connectivity index (χ4v) is 3.99. The van der Waals surface area contributed by atoms with E-state index in [-0.39, 0.29) is 0 Å². The lowest BCUT2D eigenvalue weighted by Gasteiger charge is -2.35. The molecule has 0 atom stereocenters. The number of nitrogens with zero attached hydrogens (tertiary/aromatic N) is 2. The Morgan fingerprint density at radius 1 is 1.08 bits per heavy atom. The second kappa shape index (κ2) is 8.56. The molecule has 2 fully saturated rings. The highest BCUT2D eigenvalue weighted by Crippen LogP contribution is 2.29. The predicted octanol–water partition coefficient (Wildman–Crippen LogP) is 2.93. The molecule has 0 unspecified atom stereocenters. The SMILES string of the molecule is COc1ccc(OC)c(CN2CCN(C(=O)CC3CCCC3)CC2)c1. The van der Waals surface area contributed by atoms with E-state index >= 15 is 0 Å². The Labute approximate surface area is 150 Å². The number of amides is 1. The van der Waals surface area contributed by atoms with Gasteiger partial charge in [0.05, 0.1) is 14.2 Å². The summed E-state index contributed by atoms with van der Waals surface area (Å²) in [6.45, 7) is 4.31. The first kappa shape index (κ1) is 18.1. The fourth-order valence-electron chi connectivity index (χ4n) is 3.99. The van der Waals surface area contributed by atoms with Gasteiger partial charge in [0.15, 0.2) is 0 Å². The van der Waals surface area contributed by atoms with Gasteiger partial charge in [0.1, 0.15) is 11.5 Å². The number of rotatable bonds is 6. The van der Waals surface area contributed by atoms with E-state index in [2.05, 4.69) is 9.80 Å². The third kappa shape index (κ3) is 4.66. The average Bonchev–Trinajstić information content (AvgIpc) is 3.15. The minimum atomic E-state index is 0.352. The van der Waals surface area contributed by atoms with E-state index in [1.54, 1.807) is 14.2 Å². The quantitative estimate of drug-likeness (QED) is 0.794. The predicted molar refractivity (Wildman–Crippen MR) is 98.0 cm³/mol. The molecule has 1 amide bonds. The number of piperazine rings is 1. The first-order valence-corrected chi connectivity index (χ1v) is 9.40. The molecule has 5 nitrogen and oxygen atoms in total. The third-order valence-electron chi connectivity index (χ3n) is 5.54. The Kier molecular flexibility index (Phi) is 6.19. The Morgan fingerprint density at radius 2 is 1.80 bits per heavy atom. The number of carbonyl (C=O) groups is 1. The van der Waals surface area contributed by atoms with Crippen molar-refractivity contribution in [3.63, 3.8) is 0 Å². The van der Waals surface area contributed by atoms with Crippen molar-refractivity contribution in [2.24, 2.45) is 5.92 Å². The molecular formula is C20H30N2O3. The van der Waals surface area contributed by atoms with Crippen molar-refractivity contribution in [3.8, 4) is 11.5 Å². The standard InChI is InChI=1S/C20H30N2O3/c1-24-18-7-8-19(25-2)17(14-18)15-21-9-11-22(12-10-21)20(23)13-16-5-3-4-6-16/h7-8,14,16H,3-6,9-13,15H2,1-2H3. The maximum Gasteiger partial charge on any atom is 0.222 e. The third-order valence-corrected chi connectivity index (χ3v) is 5.54. The van der Waals surface area contributed by atoms with Crippen molar-refractivity contribution in [2.75, 3.05) is 40.4 Å². The monoisotopic (exact) mass is 346 g/mol. The summed E-state index contributed by atoms with van der Waals surface area (Å²) >= 11 is 0. The highest BCUT2D eigenvalue weighted by molar-refractivity contribution is 5.76. The number of benzene rings is 1. The van der Waals surface area contributed by atoms with Crippen LogP contribution in [-0.2, 0) is 11.3 Å². The zero-order valence-electron chi connectivity index (χ0n) is 15.5. The summed E-state index contributed by atoms with van der Waals surface area (Å²) in [5.41, 5.74) is 1.13. The van der Waals surface area contributed by atoms with Crippen LogP contribution in [0.2, 0.25) is 0 Å². The molecule has 1 saturated carbocycles. The minimum absolute atomic E-state index is 0.352. The highest BCUT2D eigenvalue weighted by Gasteiger charge is 2.25. The van der Waals surface area contributed by atoms with Crippen LogP contribution in [0.15, 0.2) is 18.2 Å². The van der Waals surface area contributed by atoms with Crippen LogP contribution in [0.25, 0.3) is 0 Å². The number of methoxy groups -OCH3 is 2. The number of hydrogen-bond donors (Lipinski definition) is 0. The summed E-state index contributed by atoms with van der Waals surface area (Å²) in [6.07, 6.45) is 5.83. The summed E-state index contributed by atoms with van der Waals surface area (Å²) in [7, 11) is 3.38. The number of carbonyl (C=O) groups excluding carboxylic acids is 1. The lowest BCUT2D eigenvalue weighted by molar-refractivity contribution is -0.134. The van der Waals surface area contributed by atoms with E-state index < -0.39 is 0 Å². The fraction of sp³-hybridized carbons (Fsp3) is 0.650. The van der Waals surface area contributed by atoms with Crippen LogP contribution in [0.1, 0.15) is 37.7 Å². The van der Waals surface area contributed by atoms with Gasteiger partial charge in [-0.05, 0) is 37.0 Å². The Bertz CT molecular complexity index is 576. The summed E-state index contributed by atoms with van der Waals surface area (Å²) < 4.78 is 10.8. The normalized spacial score (nSPS) is 19.2. The van der Waals surface area contributed by atoms with Crippen LogP contribution in [-0.4, -0.2) is 56.1 Å².